The highest BCUT2D eigenvalue weighted by Crippen LogP contribution is 2.32. The van der Waals surface area contributed by atoms with E-state index in [4.69, 9.17) is 4.74 Å². The van der Waals surface area contributed by atoms with E-state index >= 15 is 0 Å². The summed E-state index contributed by atoms with van der Waals surface area (Å²) in [5, 5.41) is 2.17. The van der Waals surface area contributed by atoms with Crippen molar-refractivity contribution in [1.29, 1.82) is 0 Å². The minimum Gasteiger partial charge on any atom is -0.372 e. The number of carbonyl (C=O) groups excluding carboxylic acids is 4. The van der Waals surface area contributed by atoms with Crippen LogP contribution in [-0.4, -0.2) is 81.7 Å². The molecule has 1 atom stereocenters. The summed E-state index contributed by atoms with van der Waals surface area (Å²) >= 11 is 0. The lowest BCUT2D eigenvalue weighted by Crippen LogP contribution is -2.54. The van der Waals surface area contributed by atoms with E-state index in [0.717, 1.165) is 16.8 Å². The summed E-state index contributed by atoms with van der Waals surface area (Å²) in [7, 11) is -3.49. The van der Waals surface area contributed by atoms with E-state index in [1.807, 2.05) is 4.90 Å². The summed E-state index contributed by atoms with van der Waals surface area (Å²) < 4.78 is 32.0. The van der Waals surface area contributed by atoms with Crippen LogP contribution in [0.25, 0.3) is 0 Å². The topological polar surface area (TPSA) is 139 Å². The smallest absolute Gasteiger partial charge is 0.264 e. The molecule has 12 heteroatoms. The number of hydrogen-bond donors (Lipinski definition) is 1. The number of ether oxygens (including phenoxy) is 1. The molecule has 1 unspecified atom stereocenters. The molecule has 166 valence electrons. The van der Waals surface area contributed by atoms with Gasteiger partial charge in [-0.25, -0.2) is 0 Å². The first-order valence-corrected chi connectivity index (χ1v) is 11.5. The van der Waals surface area contributed by atoms with Crippen LogP contribution in [0.15, 0.2) is 18.2 Å². The maximum atomic E-state index is 12.9. The Bertz CT molecular complexity index is 1060. The average Bonchev–Trinajstić information content (AvgIpc) is 2.90. The molecule has 3 aliphatic rings. The Labute approximate surface area is 178 Å². The number of rotatable bonds is 7. The van der Waals surface area contributed by atoms with Gasteiger partial charge in [-0.1, -0.05) is 0 Å². The molecule has 31 heavy (non-hydrogen) atoms. The third-order valence-corrected chi connectivity index (χ3v) is 5.97. The van der Waals surface area contributed by atoms with Crippen molar-refractivity contribution >= 4 is 39.4 Å². The lowest BCUT2D eigenvalue weighted by Gasteiger charge is -2.40. The van der Waals surface area contributed by atoms with Gasteiger partial charge in [0.2, 0.25) is 11.8 Å². The molecule has 0 aromatic heterocycles. The second-order valence-electron chi connectivity index (χ2n) is 7.60. The van der Waals surface area contributed by atoms with E-state index in [-0.39, 0.29) is 43.3 Å². The lowest BCUT2D eigenvalue weighted by molar-refractivity contribution is -0.136. The Balaban J connectivity index is 1.37. The summed E-state index contributed by atoms with van der Waals surface area (Å²) in [6.45, 7) is 1.16. The molecule has 0 saturated carbocycles. The van der Waals surface area contributed by atoms with E-state index in [1.165, 1.54) is 0 Å². The summed E-state index contributed by atoms with van der Waals surface area (Å²) in [5.74, 6) is -2.16. The van der Waals surface area contributed by atoms with Gasteiger partial charge < -0.3 is 9.64 Å². The minimum absolute atomic E-state index is 0.0546. The summed E-state index contributed by atoms with van der Waals surface area (Å²) in [6.07, 6.45) is 1.05. The van der Waals surface area contributed by atoms with E-state index in [1.54, 1.807) is 18.2 Å². The molecule has 11 nitrogen and oxygen atoms in total. The van der Waals surface area contributed by atoms with Gasteiger partial charge in [0.05, 0.1) is 36.7 Å². The Morgan fingerprint density at radius 3 is 2.45 bits per heavy atom. The molecule has 0 spiro atoms. The summed E-state index contributed by atoms with van der Waals surface area (Å²) in [5.41, 5.74) is 1.18. The Morgan fingerprint density at radius 2 is 1.77 bits per heavy atom. The predicted molar refractivity (Wildman–Crippen MR) is 106 cm³/mol. The molecule has 3 aliphatic heterocycles. The Morgan fingerprint density at radius 1 is 1.06 bits per heavy atom. The maximum absolute atomic E-state index is 12.9. The standard InChI is InChI=1S/C19H21N3O8S/c1-31(27,28)30-7-6-29-12-9-21(10-12)11-2-3-13-14(8-11)19(26)22(18(13)25)15-4-5-16(23)20-17(15)24/h2-3,8,12,15H,4-7,9-10H2,1H3,(H,20,23,24). The molecular formula is C19H21N3O8S. The normalized spacial score (nSPS) is 21.9. The SMILES string of the molecule is CS(=O)(=O)OCCOC1CN(c2ccc3c(c2)C(=O)N(C2CCC(=O)NC2=O)C3=O)C1. The molecule has 3 heterocycles. The third-order valence-electron chi connectivity index (χ3n) is 5.37. The maximum Gasteiger partial charge on any atom is 0.264 e. The second kappa shape index (κ2) is 8.02. The van der Waals surface area contributed by atoms with E-state index in [2.05, 4.69) is 9.50 Å². The molecule has 1 aromatic carbocycles. The molecule has 1 N–H and O–H groups in total. The number of carbonyl (C=O) groups is 4. The lowest BCUT2D eigenvalue weighted by atomic mass is 10.0. The minimum atomic E-state index is -3.49. The van der Waals surface area contributed by atoms with Gasteiger partial charge in [0.25, 0.3) is 21.9 Å². The zero-order chi connectivity index (χ0) is 22.3. The van der Waals surface area contributed by atoms with Crippen LogP contribution in [0.5, 0.6) is 0 Å². The molecule has 0 radical (unpaired) electrons. The van der Waals surface area contributed by atoms with Crippen molar-refractivity contribution in [3.05, 3.63) is 29.3 Å². The van der Waals surface area contributed by atoms with Crippen molar-refractivity contribution in [3.63, 3.8) is 0 Å². The highest BCUT2D eigenvalue weighted by atomic mass is 32.2. The molecule has 4 amide bonds. The van der Waals surface area contributed by atoms with Gasteiger partial charge in [-0.3, -0.25) is 33.6 Å². The zero-order valence-corrected chi connectivity index (χ0v) is 17.5. The summed E-state index contributed by atoms with van der Waals surface area (Å²) in [6, 6.07) is 3.90. The van der Waals surface area contributed by atoms with Crippen LogP contribution >= 0.6 is 0 Å². The molecule has 2 fully saturated rings. The van der Waals surface area contributed by atoms with Crippen LogP contribution in [0.1, 0.15) is 33.6 Å². The Kier molecular flexibility index (Phi) is 5.54. The van der Waals surface area contributed by atoms with Gasteiger partial charge in [0.1, 0.15) is 6.04 Å². The van der Waals surface area contributed by atoms with Crippen molar-refractivity contribution in [1.82, 2.24) is 10.2 Å². The molecular weight excluding hydrogens is 430 g/mol. The van der Waals surface area contributed by atoms with Gasteiger partial charge in [-0.05, 0) is 24.6 Å². The van der Waals surface area contributed by atoms with Crippen molar-refractivity contribution in [2.75, 3.05) is 37.5 Å². The van der Waals surface area contributed by atoms with Crippen LogP contribution < -0.4 is 10.2 Å². The van der Waals surface area contributed by atoms with E-state index in [0.29, 0.717) is 13.1 Å². The number of nitrogens with zero attached hydrogens (tertiary/aromatic N) is 2. The average molecular weight is 451 g/mol. The monoisotopic (exact) mass is 451 g/mol. The van der Waals surface area contributed by atoms with Gasteiger partial charge in [0.15, 0.2) is 0 Å². The second-order valence-corrected chi connectivity index (χ2v) is 9.24. The zero-order valence-electron chi connectivity index (χ0n) is 16.7. The number of nitrogens with one attached hydrogen (secondary N) is 1. The van der Waals surface area contributed by atoms with Crippen LogP contribution in [0, 0.1) is 0 Å². The van der Waals surface area contributed by atoms with Gasteiger partial charge in [0, 0.05) is 25.2 Å². The molecule has 0 aliphatic carbocycles. The fourth-order valence-corrected chi connectivity index (χ4v) is 4.18. The quantitative estimate of drug-likeness (QED) is 0.323. The van der Waals surface area contributed by atoms with Crippen LogP contribution in [0.4, 0.5) is 5.69 Å². The first-order chi connectivity index (χ1) is 14.6. The summed E-state index contributed by atoms with van der Waals surface area (Å²) in [4.78, 5) is 52.0. The highest BCUT2D eigenvalue weighted by molar-refractivity contribution is 7.85. The first kappa shape index (κ1) is 21.4. The Hall–Kier alpha value is -2.83. The van der Waals surface area contributed by atoms with Crippen LogP contribution in [0.3, 0.4) is 0 Å². The first-order valence-electron chi connectivity index (χ1n) is 9.70. The number of anilines is 1. The number of hydrogen-bond acceptors (Lipinski definition) is 9. The highest BCUT2D eigenvalue weighted by Gasteiger charge is 2.45. The van der Waals surface area contributed by atoms with Gasteiger partial charge >= 0.3 is 0 Å². The van der Waals surface area contributed by atoms with Crippen LogP contribution in [-0.2, 0) is 28.6 Å². The van der Waals surface area contributed by atoms with Crippen molar-refractivity contribution in [2.45, 2.75) is 25.0 Å². The molecule has 2 saturated heterocycles. The van der Waals surface area contributed by atoms with Crippen molar-refractivity contribution < 1.29 is 36.5 Å². The number of piperidine rings is 1. The fraction of sp³-hybridized carbons (Fsp3) is 0.474. The molecule has 4 rings (SSSR count). The third kappa shape index (κ3) is 4.31. The number of imide groups is 2. The van der Waals surface area contributed by atoms with Gasteiger partial charge in [-0.15, -0.1) is 0 Å². The number of amides is 4. The van der Waals surface area contributed by atoms with Gasteiger partial charge in [-0.2, -0.15) is 8.42 Å². The van der Waals surface area contributed by atoms with Crippen LogP contribution in [0.2, 0.25) is 0 Å². The van der Waals surface area contributed by atoms with E-state index < -0.39 is 39.8 Å². The number of fused-ring (bicyclic) bond motifs is 1. The van der Waals surface area contributed by atoms with Crippen molar-refractivity contribution in [3.8, 4) is 0 Å². The van der Waals surface area contributed by atoms with E-state index in [9.17, 15) is 27.6 Å². The fourth-order valence-electron chi connectivity index (χ4n) is 3.81. The number of benzene rings is 1. The molecule has 0 bridgehead atoms. The molecule has 1 aromatic rings. The van der Waals surface area contributed by atoms with Crippen molar-refractivity contribution in [2.24, 2.45) is 0 Å². The largest absolute Gasteiger partial charge is 0.372 e. The predicted octanol–water partition coefficient (Wildman–Crippen LogP) is -0.731.